The van der Waals surface area contributed by atoms with E-state index in [2.05, 4.69) is 0 Å². The molecule has 0 saturated carbocycles. The van der Waals surface area contributed by atoms with Gasteiger partial charge in [0.1, 0.15) is 27.9 Å². The monoisotopic (exact) mass is 380 g/mol. The second-order valence-corrected chi connectivity index (χ2v) is 7.13. The molecule has 0 spiro atoms. The lowest BCUT2D eigenvalue weighted by atomic mass is 10.1. The van der Waals surface area contributed by atoms with Crippen molar-refractivity contribution in [1.29, 1.82) is 0 Å². The first-order valence-electron chi connectivity index (χ1n) is 7.76. The summed E-state index contributed by atoms with van der Waals surface area (Å²) in [6.07, 6.45) is 1.47. The van der Waals surface area contributed by atoms with Crippen molar-refractivity contribution < 1.29 is 25.8 Å². The first-order valence-corrected chi connectivity index (χ1v) is 9.17. The number of benzene rings is 2. The fourth-order valence-corrected chi connectivity index (χ4v) is 3.57. The van der Waals surface area contributed by atoms with E-state index in [4.69, 9.17) is 8.60 Å². The SMILES string of the molecule is CCCc1cc(=O)oc2cc(OS(=O)(=O)c3ccc(F)cc3F)ccc12. The molecular formula is C18H14F2O5S. The third-order valence-electron chi connectivity index (χ3n) is 3.69. The zero-order chi connectivity index (χ0) is 18.9. The molecule has 0 bridgehead atoms. The van der Waals surface area contributed by atoms with Crippen LogP contribution in [0.3, 0.4) is 0 Å². The topological polar surface area (TPSA) is 73.6 Å². The Labute approximate surface area is 148 Å². The van der Waals surface area contributed by atoms with Crippen molar-refractivity contribution in [1.82, 2.24) is 0 Å². The molecule has 0 fully saturated rings. The van der Waals surface area contributed by atoms with Crippen molar-refractivity contribution in [3.63, 3.8) is 0 Å². The van der Waals surface area contributed by atoms with Gasteiger partial charge in [0, 0.05) is 23.6 Å². The largest absolute Gasteiger partial charge is 0.423 e. The van der Waals surface area contributed by atoms with Gasteiger partial charge in [-0.3, -0.25) is 0 Å². The van der Waals surface area contributed by atoms with Crippen LogP contribution in [0.4, 0.5) is 8.78 Å². The number of hydrogen-bond donors (Lipinski definition) is 0. The molecule has 26 heavy (non-hydrogen) atoms. The van der Waals surface area contributed by atoms with Crippen molar-refractivity contribution in [3.8, 4) is 5.75 Å². The minimum atomic E-state index is -4.52. The van der Waals surface area contributed by atoms with Crippen LogP contribution in [0.2, 0.25) is 0 Å². The smallest absolute Gasteiger partial charge is 0.342 e. The average Bonchev–Trinajstić information content (AvgIpc) is 2.53. The molecule has 2 aromatic carbocycles. The van der Waals surface area contributed by atoms with Crippen LogP contribution in [0.25, 0.3) is 11.0 Å². The molecule has 3 rings (SSSR count). The van der Waals surface area contributed by atoms with Crippen LogP contribution in [-0.2, 0) is 16.5 Å². The van der Waals surface area contributed by atoms with E-state index in [-0.39, 0.29) is 11.3 Å². The summed E-state index contributed by atoms with van der Waals surface area (Å²) in [7, 11) is -4.52. The Balaban J connectivity index is 2.02. The highest BCUT2D eigenvalue weighted by molar-refractivity contribution is 7.87. The van der Waals surface area contributed by atoms with Gasteiger partial charge in [0.2, 0.25) is 0 Å². The van der Waals surface area contributed by atoms with E-state index in [1.165, 1.54) is 18.2 Å². The second kappa shape index (κ2) is 6.87. The third-order valence-corrected chi connectivity index (χ3v) is 4.97. The number of hydrogen-bond acceptors (Lipinski definition) is 5. The molecule has 1 aromatic heterocycles. The van der Waals surface area contributed by atoms with Gasteiger partial charge in [-0.1, -0.05) is 13.3 Å². The van der Waals surface area contributed by atoms with Crippen LogP contribution in [0.5, 0.6) is 5.75 Å². The molecule has 0 aliphatic heterocycles. The van der Waals surface area contributed by atoms with Crippen molar-refractivity contribution in [2.24, 2.45) is 0 Å². The predicted molar refractivity (Wildman–Crippen MR) is 90.7 cm³/mol. The number of rotatable bonds is 5. The first kappa shape index (κ1) is 18.1. The summed E-state index contributed by atoms with van der Waals surface area (Å²) in [4.78, 5) is 10.9. The van der Waals surface area contributed by atoms with Gasteiger partial charge in [0.15, 0.2) is 0 Å². The van der Waals surface area contributed by atoms with E-state index >= 15 is 0 Å². The minimum absolute atomic E-state index is 0.155. The molecule has 0 saturated heterocycles. The summed E-state index contributed by atoms with van der Waals surface area (Å²) < 4.78 is 61.1. The zero-order valence-electron chi connectivity index (χ0n) is 13.7. The van der Waals surface area contributed by atoms with Gasteiger partial charge in [0.05, 0.1) is 0 Å². The van der Waals surface area contributed by atoms with Crippen LogP contribution in [0.1, 0.15) is 18.9 Å². The molecule has 0 atom stereocenters. The maximum Gasteiger partial charge on any atom is 0.342 e. The lowest BCUT2D eigenvalue weighted by Gasteiger charge is -2.09. The van der Waals surface area contributed by atoms with Gasteiger partial charge < -0.3 is 8.60 Å². The van der Waals surface area contributed by atoms with Crippen LogP contribution < -0.4 is 9.81 Å². The van der Waals surface area contributed by atoms with Gasteiger partial charge in [-0.05, 0) is 36.2 Å². The van der Waals surface area contributed by atoms with E-state index in [1.54, 1.807) is 6.07 Å². The normalized spacial score (nSPS) is 11.7. The maximum atomic E-state index is 13.7. The second-order valence-electron chi connectivity index (χ2n) is 5.61. The lowest BCUT2D eigenvalue weighted by molar-refractivity contribution is 0.474. The highest BCUT2D eigenvalue weighted by atomic mass is 32.2. The van der Waals surface area contributed by atoms with Crippen LogP contribution in [-0.4, -0.2) is 8.42 Å². The number of aryl methyl sites for hydroxylation is 1. The van der Waals surface area contributed by atoms with Crippen LogP contribution in [0.15, 0.2) is 56.6 Å². The quantitative estimate of drug-likeness (QED) is 0.497. The molecule has 0 amide bonds. The number of halogens is 2. The summed E-state index contributed by atoms with van der Waals surface area (Å²) in [5.41, 5.74) is 0.372. The maximum absolute atomic E-state index is 13.7. The van der Waals surface area contributed by atoms with E-state index in [9.17, 15) is 22.0 Å². The Kier molecular flexibility index (Phi) is 4.78. The fourth-order valence-electron chi connectivity index (χ4n) is 2.59. The number of fused-ring (bicyclic) bond motifs is 1. The molecule has 1 heterocycles. The molecule has 0 aliphatic rings. The Morgan fingerprint density at radius 3 is 2.54 bits per heavy atom. The highest BCUT2D eigenvalue weighted by Crippen LogP contribution is 2.26. The van der Waals surface area contributed by atoms with Gasteiger partial charge in [0.25, 0.3) is 0 Å². The Hall–Kier alpha value is -2.74. The van der Waals surface area contributed by atoms with Crippen LogP contribution in [0, 0.1) is 11.6 Å². The molecule has 8 heteroatoms. The molecule has 5 nitrogen and oxygen atoms in total. The van der Waals surface area contributed by atoms with E-state index in [0.717, 1.165) is 24.1 Å². The highest BCUT2D eigenvalue weighted by Gasteiger charge is 2.22. The van der Waals surface area contributed by atoms with E-state index < -0.39 is 32.3 Å². The fraction of sp³-hybridized carbons (Fsp3) is 0.167. The summed E-state index contributed by atoms with van der Waals surface area (Å²) in [5.74, 6) is -2.32. The third kappa shape index (κ3) is 3.60. The molecule has 0 unspecified atom stereocenters. The molecule has 0 aliphatic carbocycles. The Morgan fingerprint density at radius 2 is 1.85 bits per heavy atom. The molecular weight excluding hydrogens is 366 g/mol. The first-order chi connectivity index (χ1) is 12.3. The standard InChI is InChI=1S/C18H14F2O5S/c1-2-3-11-8-18(21)24-16-10-13(5-6-14(11)16)25-26(22,23)17-7-4-12(19)9-15(17)20/h4-10H,2-3H2,1H3. The van der Waals surface area contributed by atoms with Gasteiger partial charge in [-0.2, -0.15) is 8.42 Å². The van der Waals surface area contributed by atoms with Crippen molar-refractivity contribution >= 4 is 21.1 Å². The summed E-state index contributed by atoms with van der Waals surface area (Å²) >= 11 is 0. The van der Waals surface area contributed by atoms with Gasteiger partial charge in [-0.15, -0.1) is 0 Å². The minimum Gasteiger partial charge on any atom is -0.423 e. The molecule has 3 aromatic rings. The Morgan fingerprint density at radius 1 is 1.08 bits per heavy atom. The van der Waals surface area contributed by atoms with Gasteiger partial charge in [-0.25, -0.2) is 13.6 Å². The summed E-state index contributed by atoms with van der Waals surface area (Å²) in [6.45, 7) is 1.96. The zero-order valence-corrected chi connectivity index (χ0v) is 14.5. The van der Waals surface area contributed by atoms with Crippen LogP contribution >= 0.6 is 0 Å². The van der Waals surface area contributed by atoms with Crippen molar-refractivity contribution in [3.05, 3.63) is 70.1 Å². The van der Waals surface area contributed by atoms with Gasteiger partial charge >= 0.3 is 15.7 Å². The summed E-state index contributed by atoms with van der Waals surface area (Å²) in [5, 5.41) is 0.657. The Bertz CT molecular complexity index is 1140. The molecule has 136 valence electrons. The predicted octanol–water partition coefficient (Wildman–Crippen LogP) is 3.79. The van der Waals surface area contributed by atoms with Crippen molar-refractivity contribution in [2.45, 2.75) is 24.7 Å². The van der Waals surface area contributed by atoms with E-state index in [1.807, 2.05) is 6.92 Å². The van der Waals surface area contributed by atoms with E-state index in [0.29, 0.717) is 17.9 Å². The molecule has 0 radical (unpaired) electrons. The average molecular weight is 380 g/mol. The lowest BCUT2D eigenvalue weighted by Crippen LogP contribution is -2.12. The summed E-state index contributed by atoms with van der Waals surface area (Å²) in [6, 6.07) is 7.62. The molecule has 0 N–H and O–H groups in total. The van der Waals surface area contributed by atoms with Crippen molar-refractivity contribution in [2.75, 3.05) is 0 Å².